The predicted octanol–water partition coefficient (Wildman–Crippen LogP) is 4.69. The molecule has 1 fully saturated rings. The Kier molecular flexibility index (Phi) is 6.17. The van der Waals surface area contributed by atoms with Gasteiger partial charge in [0.25, 0.3) is 5.91 Å². The molecular weight excluding hydrogens is 388 g/mol. The van der Waals surface area contributed by atoms with Gasteiger partial charge in [0, 0.05) is 29.9 Å². The molecule has 4 N–H and O–H groups in total. The fourth-order valence-corrected chi connectivity index (χ4v) is 3.92. The van der Waals surface area contributed by atoms with Gasteiger partial charge in [-0.05, 0) is 60.7 Å². The Labute approximate surface area is 182 Å². The fourth-order valence-electron chi connectivity index (χ4n) is 3.92. The minimum atomic E-state index is -0.238. The lowest BCUT2D eigenvalue weighted by Crippen LogP contribution is -2.29. The van der Waals surface area contributed by atoms with E-state index in [0.29, 0.717) is 16.8 Å². The number of nitrogens with two attached hydrogens (primary N) is 1. The average molecular weight is 415 g/mol. The topological polar surface area (TPSA) is 91.0 Å². The molecule has 3 aromatic rings. The van der Waals surface area contributed by atoms with Crippen molar-refractivity contribution in [1.29, 1.82) is 0 Å². The van der Waals surface area contributed by atoms with Crippen molar-refractivity contribution in [3.63, 3.8) is 0 Å². The van der Waals surface area contributed by atoms with E-state index >= 15 is 0 Å². The van der Waals surface area contributed by atoms with Crippen molar-refractivity contribution < 1.29 is 10.0 Å². The third-order valence-corrected chi connectivity index (χ3v) is 5.59. The van der Waals surface area contributed by atoms with Crippen LogP contribution in [0.5, 0.6) is 0 Å². The zero-order chi connectivity index (χ0) is 21.6. The Balaban J connectivity index is 1.60. The molecule has 0 bridgehead atoms. The molecule has 158 valence electrons. The molecule has 3 aromatic carbocycles. The summed E-state index contributed by atoms with van der Waals surface area (Å²) in [6.07, 6.45) is 3.60. The van der Waals surface area contributed by atoms with Gasteiger partial charge in [0.1, 0.15) is 0 Å². The molecule has 6 nitrogen and oxygen atoms in total. The Bertz CT molecular complexity index is 1090. The molecule has 1 heterocycles. The highest BCUT2D eigenvalue weighted by molar-refractivity contribution is 6.10. The molecule has 0 radical (unpaired) electrons. The van der Waals surface area contributed by atoms with Crippen LogP contribution in [0.1, 0.15) is 35.2 Å². The van der Waals surface area contributed by atoms with E-state index in [4.69, 9.17) is 5.73 Å². The van der Waals surface area contributed by atoms with Crippen LogP contribution in [0.3, 0.4) is 0 Å². The lowest BCUT2D eigenvalue weighted by Gasteiger charge is -2.29. The molecule has 0 unspecified atom stereocenters. The molecule has 0 aliphatic carbocycles. The van der Waals surface area contributed by atoms with Gasteiger partial charge in [-0.25, -0.2) is 0 Å². The maximum absolute atomic E-state index is 13.0. The highest BCUT2D eigenvalue weighted by Gasteiger charge is 2.16. The molecule has 1 amide bonds. The molecular formula is C25H26N4O2. The number of amidine groups is 1. The van der Waals surface area contributed by atoms with Gasteiger partial charge in [-0.2, -0.15) is 0 Å². The maximum Gasteiger partial charge on any atom is 0.255 e. The number of nitrogens with one attached hydrogen (secondary N) is 1. The fraction of sp³-hybridized carbons (Fsp3) is 0.200. The monoisotopic (exact) mass is 414 g/mol. The van der Waals surface area contributed by atoms with Crippen molar-refractivity contribution in [3.05, 3.63) is 83.9 Å². The largest absolute Gasteiger partial charge is 0.409 e. The third-order valence-electron chi connectivity index (χ3n) is 5.59. The van der Waals surface area contributed by atoms with E-state index in [-0.39, 0.29) is 11.7 Å². The minimum Gasteiger partial charge on any atom is -0.409 e. The van der Waals surface area contributed by atoms with Crippen LogP contribution in [-0.2, 0) is 0 Å². The van der Waals surface area contributed by atoms with Crippen molar-refractivity contribution >= 4 is 23.1 Å². The number of hydrogen-bond acceptors (Lipinski definition) is 4. The number of anilines is 2. The number of amides is 1. The highest BCUT2D eigenvalue weighted by atomic mass is 16.4. The van der Waals surface area contributed by atoms with Crippen molar-refractivity contribution in [2.24, 2.45) is 10.9 Å². The third kappa shape index (κ3) is 4.69. The van der Waals surface area contributed by atoms with Crippen LogP contribution in [-0.4, -0.2) is 30.0 Å². The van der Waals surface area contributed by atoms with E-state index in [1.54, 1.807) is 12.1 Å². The molecule has 6 heteroatoms. The Morgan fingerprint density at radius 2 is 1.68 bits per heavy atom. The summed E-state index contributed by atoms with van der Waals surface area (Å²) in [6.45, 7) is 2.03. The summed E-state index contributed by atoms with van der Waals surface area (Å²) < 4.78 is 0. The summed E-state index contributed by atoms with van der Waals surface area (Å²) in [4.78, 5) is 15.3. The van der Waals surface area contributed by atoms with E-state index in [2.05, 4.69) is 15.4 Å². The summed E-state index contributed by atoms with van der Waals surface area (Å²) in [5, 5.41) is 15.3. The van der Waals surface area contributed by atoms with E-state index < -0.39 is 0 Å². The van der Waals surface area contributed by atoms with Gasteiger partial charge in [-0.1, -0.05) is 47.6 Å². The first-order valence-electron chi connectivity index (χ1n) is 10.5. The standard InChI is InChI=1S/C25H26N4O2/c26-24(28-31)22-17-19(18-8-3-1-4-9-18)12-13-23(22)27-25(30)20-10-7-11-21(16-20)29-14-5-2-6-15-29/h1,3-4,7-13,16-17,31H,2,5-6,14-15H2,(H2,26,28)(H,27,30). The van der Waals surface area contributed by atoms with Crippen LogP contribution >= 0.6 is 0 Å². The van der Waals surface area contributed by atoms with Crippen LogP contribution < -0.4 is 16.0 Å². The first-order chi connectivity index (χ1) is 15.2. The van der Waals surface area contributed by atoms with E-state index in [1.165, 1.54) is 19.3 Å². The summed E-state index contributed by atoms with van der Waals surface area (Å²) >= 11 is 0. The number of hydrogen-bond donors (Lipinski definition) is 3. The maximum atomic E-state index is 13.0. The van der Waals surface area contributed by atoms with Crippen molar-refractivity contribution in [3.8, 4) is 11.1 Å². The molecule has 31 heavy (non-hydrogen) atoms. The van der Waals surface area contributed by atoms with Crippen molar-refractivity contribution in [2.45, 2.75) is 19.3 Å². The van der Waals surface area contributed by atoms with Gasteiger partial charge < -0.3 is 21.2 Å². The Morgan fingerprint density at radius 1 is 0.903 bits per heavy atom. The zero-order valence-electron chi connectivity index (χ0n) is 17.3. The van der Waals surface area contributed by atoms with Crippen LogP contribution in [0.15, 0.2) is 78.0 Å². The Hall–Kier alpha value is -3.80. The lowest BCUT2D eigenvalue weighted by atomic mass is 10.0. The normalized spacial score (nSPS) is 14.3. The van der Waals surface area contributed by atoms with Gasteiger partial charge in [0.2, 0.25) is 0 Å². The van der Waals surface area contributed by atoms with Crippen LogP contribution in [0.25, 0.3) is 11.1 Å². The molecule has 1 aliphatic heterocycles. The Morgan fingerprint density at radius 3 is 2.42 bits per heavy atom. The SMILES string of the molecule is N/C(=N\O)c1cc(-c2ccccc2)ccc1NC(=O)c1cccc(N2CCCCC2)c1. The lowest BCUT2D eigenvalue weighted by molar-refractivity contribution is 0.102. The average Bonchev–Trinajstić information content (AvgIpc) is 2.85. The van der Waals surface area contributed by atoms with Crippen LogP contribution in [0.2, 0.25) is 0 Å². The highest BCUT2D eigenvalue weighted by Crippen LogP contribution is 2.26. The van der Waals surface area contributed by atoms with Gasteiger partial charge in [-0.15, -0.1) is 0 Å². The number of oxime groups is 1. The molecule has 0 spiro atoms. The van der Waals surface area contributed by atoms with E-state index in [0.717, 1.165) is 29.9 Å². The van der Waals surface area contributed by atoms with Crippen LogP contribution in [0.4, 0.5) is 11.4 Å². The first-order valence-corrected chi connectivity index (χ1v) is 10.5. The minimum absolute atomic E-state index is 0.0600. The second-order valence-corrected chi connectivity index (χ2v) is 7.66. The van der Waals surface area contributed by atoms with Crippen molar-refractivity contribution in [2.75, 3.05) is 23.3 Å². The number of carbonyl (C=O) groups is 1. The second kappa shape index (κ2) is 9.34. The quantitative estimate of drug-likeness (QED) is 0.244. The van der Waals surface area contributed by atoms with Gasteiger partial charge in [-0.3, -0.25) is 4.79 Å². The van der Waals surface area contributed by atoms with Crippen molar-refractivity contribution in [1.82, 2.24) is 0 Å². The first kappa shape index (κ1) is 20.5. The van der Waals surface area contributed by atoms with E-state index in [9.17, 15) is 10.0 Å². The number of rotatable bonds is 5. The zero-order valence-corrected chi connectivity index (χ0v) is 17.3. The molecule has 1 saturated heterocycles. The summed E-state index contributed by atoms with van der Waals surface area (Å²) in [6, 6.07) is 23.0. The van der Waals surface area contributed by atoms with Gasteiger partial charge in [0.15, 0.2) is 5.84 Å². The number of carbonyl (C=O) groups excluding carboxylic acids is 1. The number of nitrogens with zero attached hydrogens (tertiary/aromatic N) is 2. The summed E-state index contributed by atoms with van der Waals surface area (Å²) in [5.74, 6) is -0.298. The van der Waals surface area contributed by atoms with E-state index in [1.807, 2.05) is 60.7 Å². The van der Waals surface area contributed by atoms with Gasteiger partial charge >= 0.3 is 0 Å². The predicted molar refractivity (Wildman–Crippen MR) is 125 cm³/mol. The number of benzene rings is 3. The smallest absolute Gasteiger partial charge is 0.255 e. The van der Waals surface area contributed by atoms with Crippen LogP contribution in [0, 0.1) is 0 Å². The second-order valence-electron chi connectivity index (χ2n) is 7.66. The molecule has 1 aliphatic rings. The molecule has 4 rings (SSSR count). The number of piperidine rings is 1. The summed E-state index contributed by atoms with van der Waals surface area (Å²) in [7, 11) is 0. The molecule has 0 aromatic heterocycles. The molecule has 0 atom stereocenters. The van der Waals surface area contributed by atoms with Gasteiger partial charge in [0.05, 0.1) is 5.69 Å². The summed E-state index contributed by atoms with van der Waals surface area (Å²) in [5.41, 5.74) is 10.4. The molecule has 0 saturated carbocycles.